The predicted molar refractivity (Wildman–Crippen MR) is 33.7 cm³/mol. The molecule has 0 atom stereocenters. The molecule has 0 aliphatic rings. The van der Waals surface area contributed by atoms with Crippen LogP contribution < -0.4 is 4.74 Å². The topological polar surface area (TPSA) is 35.0 Å². The minimum atomic E-state index is -2.89. The van der Waals surface area contributed by atoms with E-state index in [0.29, 0.717) is 0 Å². The SMILES string of the molecule is FC(F)Oc1ccnc(Cl)n1. The van der Waals surface area contributed by atoms with Crippen molar-refractivity contribution >= 4 is 11.6 Å². The molecule has 0 saturated heterocycles. The van der Waals surface area contributed by atoms with E-state index in [1.807, 2.05) is 0 Å². The average Bonchev–Trinajstić information content (AvgIpc) is 1.85. The average molecular weight is 181 g/mol. The summed E-state index contributed by atoms with van der Waals surface area (Å²) in [6.45, 7) is -2.89. The fourth-order valence-electron chi connectivity index (χ4n) is 0.477. The summed E-state index contributed by atoms with van der Waals surface area (Å²) in [5.41, 5.74) is 0. The Kier molecular flexibility index (Phi) is 2.53. The van der Waals surface area contributed by atoms with Crippen LogP contribution in [0, 0.1) is 0 Å². The van der Waals surface area contributed by atoms with Gasteiger partial charge in [-0.3, -0.25) is 0 Å². The third kappa shape index (κ3) is 2.63. The Hall–Kier alpha value is -0.970. The molecule has 1 aromatic rings. The quantitative estimate of drug-likeness (QED) is 0.651. The molecule has 1 aromatic heterocycles. The van der Waals surface area contributed by atoms with Gasteiger partial charge in [0.1, 0.15) is 0 Å². The third-order valence-electron chi connectivity index (χ3n) is 0.810. The van der Waals surface area contributed by atoms with Gasteiger partial charge in [0.25, 0.3) is 0 Å². The Balaban J connectivity index is 2.71. The van der Waals surface area contributed by atoms with Crippen molar-refractivity contribution in [2.24, 2.45) is 0 Å². The van der Waals surface area contributed by atoms with Gasteiger partial charge in [0.2, 0.25) is 11.2 Å². The van der Waals surface area contributed by atoms with Crippen molar-refractivity contribution in [1.82, 2.24) is 9.97 Å². The van der Waals surface area contributed by atoms with E-state index in [9.17, 15) is 8.78 Å². The first-order valence-corrected chi connectivity index (χ1v) is 2.99. The van der Waals surface area contributed by atoms with E-state index in [0.717, 1.165) is 0 Å². The number of rotatable bonds is 2. The van der Waals surface area contributed by atoms with Gasteiger partial charge in [-0.05, 0) is 11.6 Å². The fourth-order valence-corrected chi connectivity index (χ4v) is 0.616. The van der Waals surface area contributed by atoms with Crippen molar-refractivity contribution in [2.45, 2.75) is 6.61 Å². The smallest absolute Gasteiger partial charge is 0.388 e. The van der Waals surface area contributed by atoms with Crippen molar-refractivity contribution in [1.29, 1.82) is 0 Å². The minimum absolute atomic E-state index is 0.122. The van der Waals surface area contributed by atoms with Gasteiger partial charge < -0.3 is 4.74 Å². The molecule has 0 fully saturated rings. The van der Waals surface area contributed by atoms with Gasteiger partial charge in [-0.15, -0.1) is 0 Å². The molecule has 0 aliphatic heterocycles. The van der Waals surface area contributed by atoms with Crippen molar-refractivity contribution in [3.8, 4) is 5.88 Å². The van der Waals surface area contributed by atoms with Crippen LogP contribution in [0.3, 0.4) is 0 Å². The highest BCUT2D eigenvalue weighted by molar-refractivity contribution is 6.28. The minimum Gasteiger partial charge on any atom is -0.417 e. The molecule has 1 heterocycles. The highest BCUT2D eigenvalue weighted by Crippen LogP contribution is 2.10. The second-order valence-electron chi connectivity index (χ2n) is 1.54. The van der Waals surface area contributed by atoms with E-state index < -0.39 is 6.61 Å². The lowest BCUT2D eigenvalue weighted by Gasteiger charge is -2.00. The molecule has 60 valence electrons. The fraction of sp³-hybridized carbons (Fsp3) is 0.200. The van der Waals surface area contributed by atoms with Gasteiger partial charge in [0.05, 0.1) is 0 Å². The lowest BCUT2D eigenvalue weighted by atomic mass is 10.6. The van der Waals surface area contributed by atoms with Gasteiger partial charge in [0, 0.05) is 12.3 Å². The van der Waals surface area contributed by atoms with E-state index in [4.69, 9.17) is 11.6 Å². The predicted octanol–water partition coefficient (Wildman–Crippen LogP) is 1.73. The lowest BCUT2D eigenvalue weighted by Crippen LogP contribution is -2.03. The zero-order chi connectivity index (χ0) is 8.27. The third-order valence-corrected chi connectivity index (χ3v) is 0.993. The summed E-state index contributed by atoms with van der Waals surface area (Å²) in [5, 5.41) is -0.122. The Morgan fingerprint density at radius 3 is 2.82 bits per heavy atom. The molecule has 0 unspecified atom stereocenters. The van der Waals surface area contributed by atoms with E-state index >= 15 is 0 Å². The summed E-state index contributed by atoms with van der Waals surface area (Å²) < 4.78 is 27.0. The summed E-state index contributed by atoms with van der Waals surface area (Å²) in [6, 6.07) is 1.19. The Morgan fingerprint density at radius 2 is 2.27 bits per heavy atom. The van der Waals surface area contributed by atoms with Crippen LogP contribution >= 0.6 is 11.6 Å². The first-order valence-electron chi connectivity index (χ1n) is 2.62. The van der Waals surface area contributed by atoms with Crippen LogP contribution in [0.2, 0.25) is 5.28 Å². The maximum absolute atomic E-state index is 11.5. The highest BCUT2D eigenvalue weighted by atomic mass is 35.5. The van der Waals surface area contributed by atoms with Crippen molar-refractivity contribution in [2.75, 3.05) is 0 Å². The summed E-state index contributed by atoms with van der Waals surface area (Å²) >= 11 is 5.28. The normalized spacial score (nSPS) is 10.2. The largest absolute Gasteiger partial charge is 0.417 e. The number of hydrogen-bond acceptors (Lipinski definition) is 3. The molecular weight excluding hydrogens is 178 g/mol. The zero-order valence-electron chi connectivity index (χ0n) is 5.17. The van der Waals surface area contributed by atoms with E-state index in [2.05, 4.69) is 14.7 Å². The second kappa shape index (κ2) is 3.43. The molecule has 0 aromatic carbocycles. The van der Waals surface area contributed by atoms with Crippen LogP contribution in [0.5, 0.6) is 5.88 Å². The van der Waals surface area contributed by atoms with Crippen LogP contribution in [-0.2, 0) is 0 Å². The van der Waals surface area contributed by atoms with Crippen molar-refractivity contribution < 1.29 is 13.5 Å². The molecule has 0 amide bonds. The Labute approximate surface area is 66.0 Å². The number of ether oxygens (including phenoxy) is 1. The maximum atomic E-state index is 11.5. The molecule has 0 spiro atoms. The second-order valence-corrected chi connectivity index (χ2v) is 1.88. The molecular formula is C5H3ClF2N2O. The number of nitrogens with zero attached hydrogens (tertiary/aromatic N) is 2. The van der Waals surface area contributed by atoms with Gasteiger partial charge >= 0.3 is 6.61 Å². The molecule has 0 saturated carbocycles. The lowest BCUT2D eigenvalue weighted by molar-refractivity contribution is -0.0529. The molecule has 3 nitrogen and oxygen atoms in total. The number of halogens is 3. The van der Waals surface area contributed by atoms with E-state index in [-0.39, 0.29) is 11.2 Å². The molecule has 0 N–H and O–H groups in total. The van der Waals surface area contributed by atoms with Crippen LogP contribution in [0.15, 0.2) is 12.3 Å². The zero-order valence-corrected chi connectivity index (χ0v) is 5.92. The summed E-state index contributed by atoms with van der Waals surface area (Å²) in [6.07, 6.45) is 1.23. The monoisotopic (exact) mass is 180 g/mol. The van der Waals surface area contributed by atoms with E-state index in [1.165, 1.54) is 12.3 Å². The first-order chi connectivity index (χ1) is 5.18. The van der Waals surface area contributed by atoms with Crippen LogP contribution in [0.25, 0.3) is 0 Å². The maximum Gasteiger partial charge on any atom is 0.388 e. The van der Waals surface area contributed by atoms with Gasteiger partial charge in [-0.1, -0.05) is 0 Å². The number of aromatic nitrogens is 2. The van der Waals surface area contributed by atoms with Gasteiger partial charge in [-0.2, -0.15) is 13.8 Å². The summed E-state index contributed by atoms with van der Waals surface area (Å²) in [4.78, 5) is 6.84. The van der Waals surface area contributed by atoms with Crippen LogP contribution in [0.4, 0.5) is 8.78 Å². The van der Waals surface area contributed by atoms with Crippen LogP contribution in [-0.4, -0.2) is 16.6 Å². The standard InChI is InChI=1S/C5H3ClF2N2O/c6-4-9-2-1-3(10-4)11-5(7)8/h1-2,5H. The first kappa shape index (κ1) is 8.13. The molecule has 0 bridgehead atoms. The van der Waals surface area contributed by atoms with Gasteiger partial charge in [0.15, 0.2) is 0 Å². The van der Waals surface area contributed by atoms with Gasteiger partial charge in [-0.25, -0.2) is 4.98 Å². The molecule has 6 heteroatoms. The number of hydrogen-bond donors (Lipinski definition) is 0. The van der Waals surface area contributed by atoms with Crippen molar-refractivity contribution in [3.05, 3.63) is 17.5 Å². The highest BCUT2D eigenvalue weighted by Gasteiger charge is 2.04. The molecule has 1 rings (SSSR count). The van der Waals surface area contributed by atoms with Crippen LogP contribution in [0.1, 0.15) is 0 Å². The molecule has 0 aliphatic carbocycles. The molecule has 11 heavy (non-hydrogen) atoms. The Bertz CT molecular complexity index is 246. The number of alkyl halides is 2. The molecule has 0 radical (unpaired) electrons. The summed E-state index contributed by atoms with van der Waals surface area (Å²) in [5.74, 6) is -0.236. The van der Waals surface area contributed by atoms with Crippen molar-refractivity contribution in [3.63, 3.8) is 0 Å². The summed E-state index contributed by atoms with van der Waals surface area (Å²) in [7, 11) is 0. The Morgan fingerprint density at radius 1 is 1.55 bits per heavy atom. The van der Waals surface area contributed by atoms with E-state index in [1.54, 1.807) is 0 Å².